The highest BCUT2D eigenvalue weighted by Gasteiger charge is 2.08. The van der Waals surface area contributed by atoms with Crippen LogP contribution in [0.3, 0.4) is 0 Å². The first kappa shape index (κ1) is 17.9. The van der Waals surface area contributed by atoms with Gasteiger partial charge in [0.1, 0.15) is 17.3 Å². The molecule has 0 heterocycles. The van der Waals surface area contributed by atoms with Crippen molar-refractivity contribution < 1.29 is 23.8 Å². The Hall–Kier alpha value is -3.42. The first-order valence-electron chi connectivity index (χ1n) is 7.22. The molecular weight excluding hydrogens is 329 g/mol. The third-order valence-corrected chi connectivity index (χ3v) is 3.12. The third kappa shape index (κ3) is 5.31. The smallest absolute Gasteiger partial charge is 0.259 e. The zero-order chi connectivity index (χ0) is 18.2. The number of phenolic OH excluding ortho intramolecular Hbond substituents is 1. The van der Waals surface area contributed by atoms with E-state index in [1.54, 1.807) is 6.07 Å². The van der Waals surface area contributed by atoms with Gasteiger partial charge in [-0.2, -0.15) is 5.10 Å². The third-order valence-electron chi connectivity index (χ3n) is 3.12. The summed E-state index contributed by atoms with van der Waals surface area (Å²) in [6, 6.07) is 9.66. The molecule has 25 heavy (non-hydrogen) atoms. The molecule has 0 aromatic heterocycles. The topological polar surface area (TPSA) is 100 Å². The summed E-state index contributed by atoms with van der Waals surface area (Å²) < 4.78 is 18.1. The van der Waals surface area contributed by atoms with Gasteiger partial charge in [0, 0.05) is 11.1 Å². The van der Waals surface area contributed by atoms with E-state index in [1.165, 1.54) is 43.7 Å². The van der Waals surface area contributed by atoms with Crippen LogP contribution < -0.4 is 15.5 Å². The number of carbonyl (C=O) groups is 2. The second-order valence-electron chi connectivity index (χ2n) is 4.91. The fourth-order valence-electron chi connectivity index (χ4n) is 1.87. The van der Waals surface area contributed by atoms with E-state index in [0.29, 0.717) is 11.3 Å². The summed E-state index contributed by atoms with van der Waals surface area (Å²) >= 11 is 0. The van der Waals surface area contributed by atoms with Gasteiger partial charge < -0.3 is 15.2 Å². The van der Waals surface area contributed by atoms with E-state index in [4.69, 9.17) is 4.74 Å². The number of rotatable bonds is 6. The van der Waals surface area contributed by atoms with Gasteiger partial charge >= 0.3 is 0 Å². The summed E-state index contributed by atoms with van der Waals surface area (Å²) in [4.78, 5) is 23.4. The average molecular weight is 345 g/mol. The molecule has 2 rings (SSSR count). The quantitative estimate of drug-likeness (QED) is 0.544. The molecule has 0 saturated carbocycles. The lowest BCUT2D eigenvalue weighted by Crippen LogP contribution is -2.34. The first-order valence-corrected chi connectivity index (χ1v) is 7.22. The van der Waals surface area contributed by atoms with E-state index < -0.39 is 17.6 Å². The van der Waals surface area contributed by atoms with Crippen LogP contribution in [0.15, 0.2) is 47.6 Å². The molecule has 0 aliphatic carbocycles. The molecule has 2 aromatic rings. The number of ether oxygens (including phenoxy) is 1. The zero-order valence-electron chi connectivity index (χ0n) is 13.3. The van der Waals surface area contributed by atoms with Crippen molar-refractivity contribution in [3.8, 4) is 11.5 Å². The van der Waals surface area contributed by atoms with Gasteiger partial charge in [0.2, 0.25) is 0 Å². The molecule has 0 spiro atoms. The number of halogens is 1. The molecule has 130 valence electrons. The van der Waals surface area contributed by atoms with Crippen molar-refractivity contribution in [1.29, 1.82) is 0 Å². The average Bonchev–Trinajstić information content (AvgIpc) is 2.61. The van der Waals surface area contributed by atoms with Crippen LogP contribution in [0.5, 0.6) is 11.5 Å². The van der Waals surface area contributed by atoms with Crippen molar-refractivity contribution in [2.75, 3.05) is 13.7 Å². The van der Waals surface area contributed by atoms with Gasteiger partial charge in [-0.1, -0.05) is 6.07 Å². The normalized spacial score (nSPS) is 10.5. The second kappa shape index (κ2) is 8.44. The van der Waals surface area contributed by atoms with E-state index in [1.807, 2.05) is 0 Å². The Morgan fingerprint density at radius 3 is 2.80 bits per heavy atom. The number of hydrogen-bond acceptors (Lipinski definition) is 5. The van der Waals surface area contributed by atoms with Crippen LogP contribution >= 0.6 is 0 Å². The lowest BCUT2D eigenvalue weighted by Gasteiger charge is -2.05. The molecule has 0 bridgehead atoms. The molecule has 2 amide bonds. The Balaban J connectivity index is 1.85. The van der Waals surface area contributed by atoms with Gasteiger partial charge in [-0.25, -0.2) is 9.82 Å². The van der Waals surface area contributed by atoms with Crippen LogP contribution in [0.2, 0.25) is 0 Å². The predicted molar refractivity (Wildman–Crippen MR) is 89.1 cm³/mol. The number of aromatic hydroxyl groups is 1. The summed E-state index contributed by atoms with van der Waals surface area (Å²) in [5.74, 6) is -1.21. The van der Waals surface area contributed by atoms with Crippen molar-refractivity contribution in [3.63, 3.8) is 0 Å². The summed E-state index contributed by atoms with van der Waals surface area (Å²) in [6.45, 7) is -0.337. The highest BCUT2D eigenvalue weighted by molar-refractivity contribution is 5.96. The van der Waals surface area contributed by atoms with Gasteiger partial charge in [-0.15, -0.1) is 0 Å². The van der Waals surface area contributed by atoms with Crippen molar-refractivity contribution in [1.82, 2.24) is 10.7 Å². The fourth-order valence-corrected chi connectivity index (χ4v) is 1.87. The van der Waals surface area contributed by atoms with Gasteiger partial charge in [-0.05, 0) is 36.4 Å². The molecule has 7 nitrogen and oxygen atoms in total. The van der Waals surface area contributed by atoms with Crippen molar-refractivity contribution >= 4 is 18.0 Å². The highest BCUT2D eigenvalue weighted by atomic mass is 19.1. The lowest BCUT2D eigenvalue weighted by molar-refractivity contribution is -0.120. The van der Waals surface area contributed by atoms with Crippen molar-refractivity contribution in [3.05, 3.63) is 59.4 Å². The molecule has 0 atom stereocenters. The van der Waals surface area contributed by atoms with Crippen LogP contribution in [0.4, 0.5) is 4.39 Å². The fraction of sp³-hybridized carbons (Fsp3) is 0.118. The number of benzene rings is 2. The number of methoxy groups -OCH3 is 1. The maximum atomic E-state index is 13.0. The molecule has 2 aromatic carbocycles. The Labute approximate surface area is 143 Å². The zero-order valence-corrected chi connectivity index (χ0v) is 13.3. The minimum absolute atomic E-state index is 0.0294. The molecule has 0 aliphatic rings. The summed E-state index contributed by atoms with van der Waals surface area (Å²) in [7, 11) is 1.48. The largest absolute Gasteiger partial charge is 0.507 e. The molecule has 0 radical (unpaired) electrons. The molecule has 0 aliphatic heterocycles. The number of nitrogens with zero attached hydrogens (tertiary/aromatic N) is 1. The lowest BCUT2D eigenvalue weighted by atomic mass is 10.2. The van der Waals surface area contributed by atoms with Crippen molar-refractivity contribution in [2.24, 2.45) is 5.10 Å². The summed E-state index contributed by atoms with van der Waals surface area (Å²) in [5.41, 5.74) is 2.66. The number of amides is 2. The van der Waals surface area contributed by atoms with Gasteiger partial charge in [-0.3, -0.25) is 9.59 Å². The molecule has 3 N–H and O–H groups in total. The molecule has 8 heteroatoms. The van der Waals surface area contributed by atoms with Crippen molar-refractivity contribution in [2.45, 2.75) is 0 Å². The van der Waals surface area contributed by atoms with E-state index in [-0.39, 0.29) is 17.9 Å². The number of hydrogen-bond donors (Lipinski definition) is 3. The predicted octanol–water partition coefficient (Wildman–Crippen LogP) is 1.42. The maximum absolute atomic E-state index is 13.0. The SMILES string of the molecule is COc1ccc(O)c(/C=N\NC(=O)CNC(=O)c2cccc(F)c2)c1. The van der Waals surface area contributed by atoms with Crippen LogP contribution in [-0.2, 0) is 4.79 Å². The van der Waals surface area contributed by atoms with Gasteiger partial charge in [0.15, 0.2) is 0 Å². The standard InChI is InChI=1S/C17H16FN3O4/c1-25-14-5-6-15(22)12(8-14)9-20-21-16(23)10-19-17(24)11-3-2-4-13(18)7-11/h2-9,22H,10H2,1H3,(H,19,24)(H,21,23)/b20-9-. The molecular formula is C17H16FN3O4. The minimum atomic E-state index is -0.580. The van der Waals surface area contributed by atoms with Crippen LogP contribution in [0.1, 0.15) is 15.9 Å². The van der Waals surface area contributed by atoms with E-state index >= 15 is 0 Å². The molecule has 0 unspecified atom stereocenters. The number of carbonyl (C=O) groups excluding carboxylic acids is 2. The maximum Gasteiger partial charge on any atom is 0.259 e. The first-order chi connectivity index (χ1) is 12.0. The minimum Gasteiger partial charge on any atom is -0.507 e. The second-order valence-corrected chi connectivity index (χ2v) is 4.91. The number of phenols is 1. The Kier molecular flexibility index (Phi) is 6.05. The van der Waals surface area contributed by atoms with E-state index in [2.05, 4.69) is 15.8 Å². The Bertz CT molecular complexity index is 808. The van der Waals surface area contributed by atoms with Crippen LogP contribution in [0.25, 0.3) is 0 Å². The monoisotopic (exact) mass is 345 g/mol. The summed E-state index contributed by atoms with van der Waals surface area (Å²) in [6.07, 6.45) is 1.24. The van der Waals surface area contributed by atoms with E-state index in [9.17, 15) is 19.1 Å². The summed E-state index contributed by atoms with van der Waals surface area (Å²) in [5, 5.41) is 15.7. The number of nitrogens with one attached hydrogen (secondary N) is 2. The highest BCUT2D eigenvalue weighted by Crippen LogP contribution is 2.20. The Morgan fingerprint density at radius 2 is 2.08 bits per heavy atom. The molecule has 0 fully saturated rings. The number of hydrazone groups is 1. The van der Waals surface area contributed by atoms with Crippen LogP contribution in [-0.4, -0.2) is 36.8 Å². The molecule has 0 saturated heterocycles. The van der Waals surface area contributed by atoms with Crippen LogP contribution in [0, 0.1) is 5.82 Å². The van der Waals surface area contributed by atoms with Gasteiger partial charge in [0.25, 0.3) is 11.8 Å². The Morgan fingerprint density at radius 1 is 1.28 bits per heavy atom. The van der Waals surface area contributed by atoms with E-state index in [0.717, 1.165) is 6.07 Å². The van der Waals surface area contributed by atoms with Gasteiger partial charge in [0.05, 0.1) is 19.9 Å².